The normalized spacial score (nSPS) is 17.8. The van der Waals surface area contributed by atoms with Gasteiger partial charge in [0, 0.05) is 22.7 Å². The zero-order chi connectivity index (χ0) is 22.7. The molecule has 0 bridgehead atoms. The average Bonchev–Trinajstić information content (AvgIpc) is 3.21. The van der Waals surface area contributed by atoms with Gasteiger partial charge in [-0.25, -0.2) is 8.42 Å². The van der Waals surface area contributed by atoms with Crippen molar-refractivity contribution in [2.75, 3.05) is 6.26 Å². The molecule has 2 aliphatic rings. The van der Waals surface area contributed by atoms with Crippen LogP contribution < -0.4 is 0 Å². The van der Waals surface area contributed by atoms with E-state index in [0.29, 0.717) is 15.6 Å². The monoisotopic (exact) mass is 495 g/mol. The third-order valence-corrected chi connectivity index (χ3v) is 7.79. The van der Waals surface area contributed by atoms with Crippen LogP contribution in [0.1, 0.15) is 17.0 Å². The number of carbonyl (C=O) groups excluding carboxylic acids is 1. The van der Waals surface area contributed by atoms with Gasteiger partial charge in [-0.15, -0.1) is 5.10 Å². The molecule has 31 heavy (non-hydrogen) atoms. The van der Waals surface area contributed by atoms with Gasteiger partial charge < -0.3 is 4.57 Å². The van der Waals surface area contributed by atoms with E-state index in [1.807, 2.05) is 24.5 Å². The second-order valence-electron chi connectivity index (χ2n) is 6.92. The summed E-state index contributed by atoms with van der Waals surface area (Å²) in [5.41, 5.74) is 3.08. The van der Waals surface area contributed by atoms with E-state index in [9.17, 15) is 13.2 Å². The van der Waals surface area contributed by atoms with Crippen molar-refractivity contribution in [2.45, 2.75) is 13.8 Å². The largest absolute Gasteiger partial charge is 0.316 e. The summed E-state index contributed by atoms with van der Waals surface area (Å²) in [4.78, 5) is 16.5. The number of benzene rings is 1. The number of rotatable bonds is 2. The zero-order valence-corrected chi connectivity index (χ0v) is 19.6. The Morgan fingerprint density at radius 1 is 1.19 bits per heavy atom. The van der Waals surface area contributed by atoms with Crippen LogP contribution in [-0.4, -0.2) is 45.5 Å². The quantitative estimate of drug-likeness (QED) is 0.632. The van der Waals surface area contributed by atoms with Crippen LogP contribution in [0.2, 0.25) is 10.0 Å². The first kappa shape index (κ1) is 21.8. The molecule has 0 spiro atoms. The highest BCUT2D eigenvalue weighted by Gasteiger charge is 2.38. The molecule has 4 rings (SSSR count). The molecule has 160 valence electrons. The second-order valence-corrected chi connectivity index (χ2v) is 10.9. The highest BCUT2D eigenvalue weighted by molar-refractivity contribution is 8.42. The number of carbonyl (C=O) groups is 1. The first-order chi connectivity index (χ1) is 14.5. The summed E-state index contributed by atoms with van der Waals surface area (Å²) in [5.74, 6) is -0.876. The van der Waals surface area contributed by atoms with E-state index in [-0.39, 0.29) is 21.0 Å². The Morgan fingerprint density at radius 3 is 2.55 bits per heavy atom. The van der Waals surface area contributed by atoms with Crippen molar-refractivity contribution in [1.82, 2.24) is 9.58 Å². The van der Waals surface area contributed by atoms with Crippen LogP contribution in [0.15, 0.2) is 39.9 Å². The minimum atomic E-state index is -3.59. The molecule has 0 saturated heterocycles. The van der Waals surface area contributed by atoms with Gasteiger partial charge in [-0.2, -0.15) is 10.0 Å². The lowest BCUT2D eigenvalue weighted by atomic mass is 10.1. The smallest absolute Gasteiger partial charge is 0.283 e. The van der Waals surface area contributed by atoms with Crippen LogP contribution in [0.5, 0.6) is 0 Å². The molecule has 8 nitrogen and oxygen atoms in total. The number of aliphatic imine (C=N–C) groups is 1. The summed E-state index contributed by atoms with van der Waals surface area (Å²) in [7, 11) is -3.59. The number of thioether (sulfide) groups is 1. The number of amides is 1. The molecule has 0 fully saturated rings. The Kier molecular flexibility index (Phi) is 5.37. The van der Waals surface area contributed by atoms with Crippen molar-refractivity contribution in [3.63, 3.8) is 0 Å². The predicted molar refractivity (Wildman–Crippen MR) is 125 cm³/mol. The molecule has 2 aromatic rings. The second kappa shape index (κ2) is 7.63. The van der Waals surface area contributed by atoms with Crippen LogP contribution in [-0.2, 0) is 14.6 Å². The number of fused-ring (bicyclic) bond motifs is 1. The molecule has 2 aliphatic heterocycles. The van der Waals surface area contributed by atoms with E-state index < -0.39 is 15.7 Å². The summed E-state index contributed by atoms with van der Waals surface area (Å²) in [6, 6.07) is 7.04. The van der Waals surface area contributed by atoms with E-state index in [4.69, 9.17) is 28.6 Å². The number of amidine groups is 2. The number of hydrogen-bond donors (Lipinski definition) is 1. The molecule has 0 saturated carbocycles. The third-order valence-electron chi connectivity index (χ3n) is 4.67. The molecule has 1 N–H and O–H groups in total. The van der Waals surface area contributed by atoms with E-state index in [2.05, 4.69) is 10.1 Å². The Bertz CT molecular complexity index is 1370. The molecular formula is C19H15Cl2N5O3S2. The Balaban J connectivity index is 1.77. The van der Waals surface area contributed by atoms with Gasteiger partial charge >= 0.3 is 0 Å². The molecule has 3 heterocycles. The maximum Gasteiger partial charge on any atom is 0.283 e. The highest BCUT2D eigenvalue weighted by atomic mass is 35.5. The summed E-state index contributed by atoms with van der Waals surface area (Å²) < 4.78 is 25.3. The van der Waals surface area contributed by atoms with Crippen molar-refractivity contribution in [3.05, 3.63) is 56.8 Å². The van der Waals surface area contributed by atoms with Crippen molar-refractivity contribution in [1.29, 1.82) is 5.41 Å². The molecule has 1 aromatic heterocycles. The predicted octanol–water partition coefficient (Wildman–Crippen LogP) is 4.02. The summed E-state index contributed by atoms with van der Waals surface area (Å²) in [5, 5.41) is 14.4. The SMILES string of the molecule is Cc1cc(/C=C2\C(=N)N3N=C(S(C)(=O)=O)SC3=NC2=O)c(C)n1-c1ccc(Cl)cc1Cl. The summed E-state index contributed by atoms with van der Waals surface area (Å²) >= 11 is 13.1. The van der Waals surface area contributed by atoms with Crippen LogP contribution >= 0.6 is 35.0 Å². The standard InChI is InChI=1S/C19H15Cl2N5O3S2/c1-9-6-11(10(2)25(9)15-5-4-12(20)8-14(15)21)7-13-16(22)26-18(23-17(13)27)30-19(24-26)31(3,28)29/h4-8,22H,1-3H3/b13-7+,22-16?. The minimum absolute atomic E-state index is 0.00491. The maximum absolute atomic E-state index is 12.6. The van der Waals surface area contributed by atoms with Crippen molar-refractivity contribution < 1.29 is 13.2 Å². The topological polar surface area (TPSA) is 108 Å². The van der Waals surface area contributed by atoms with E-state index in [1.165, 1.54) is 0 Å². The molecule has 0 radical (unpaired) electrons. The average molecular weight is 496 g/mol. The van der Waals surface area contributed by atoms with Gasteiger partial charge in [-0.1, -0.05) is 23.2 Å². The van der Waals surface area contributed by atoms with Crippen LogP contribution in [0.3, 0.4) is 0 Å². The number of nitrogens with zero attached hydrogens (tertiary/aromatic N) is 4. The number of aryl methyl sites for hydroxylation is 1. The lowest BCUT2D eigenvalue weighted by Gasteiger charge is -2.20. The van der Waals surface area contributed by atoms with Crippen molar-refractivity contribution in [2.24, 2.45) is 10.1 Å². The number of sulfone groups is 1. The number of aromatic nitrogens is 1. The van der Waals surface area contributed by atoms with Gasteiger partial charge in [0.1, 0.15) is 0 Å². The van der Waals surface area contributed by atoms with Gasteiger partial charge in [-0.3, -0.25) is 10.2 Å². The van der Waals surface area contributed by atoms with Gasteiger partial charge in [-0.05, 0) is 61.5 Å². The number of halogens is 2. The maximum atomic E-state index is 12.6. The molecule has 1 amide bonds. The fraction of sp³-hybridized carbons (Fsp3) is 0.158. The molecule has 1 aromatic carbocycles. The van der Waals surface area contributed by atoms with E-state index >= 15 is 0 Å². The Morgan fingerprint density at radius 2 is 1.90 bits per heavy atom. The Labute approximate surface area is 192 Å². The molecule has 0 atom stereocenters. The van der Waals surface area contributed by atoms with E-state index in [1.54, 1.807) is 24.3 Å². The zero-order valence-electron chi connectivity index (χ0n) is 16.5. The molecule has 12 heteroatoms. The Hall–Kier alpha value is -2.40. The number of hydrazone groups is 1. The van der Waals surface area contributed by atoms with Crippen molar-refractivity contribution in [3.8, 4) is 5.69 Å². The van der Waals surface area contributed by atoms with Crippen LogP contribution in [0.4, 0.5) is 0 Å². The van der Waals surface area contributed by atoms with E-state index in [0.717, 1.165) is 40.1 Å². The lowest BCUT2D eigenvalue weighted by molar-refractivity contribution is -0.114. The van der Waals surface area contributed by atoms with Crippen LogP contribution in [0.25, 0.3) is 11.8 Å². The van der Waals surface area contributed by atoms with Gasteiger partial charge in [0.15, 0.2) is 5.84 Å². The molecule has 0 aliphatic carbocycles. The van der Waals surface area contributed by atoms with Gasteiger partial charge in [0.2, 0.25) is 19.4 Å². The van der Waals surface area contributed by atoms with Crippen LogP contribution in [0, 0.1) is 19.3 Å². The lowest BCUT2D eigenvalue weighted by Crippen LogP contribution is -2.35. The number of hydrogen-bond acceptors (Lipinski definition) is 6. The van der Waals surface area contributed by atoms with Gasteiger partial charge in [0.05, 0.1) is 16.3 Å². The fourth-order valence-corrected chi connectivity index (χ4v) is 5.42. The summed E-state index contributed by atoms with van der Waals surface area (Å²) in [6.45, 7) is 3.76. The van der Waals surface area contributed by atoms with Gasteiger partial charge in [0.25, 0.3) is 5.91 Å². The molecule has 0 unspecified atom stereocenters. The summed E-state index contributed by atoms with van der Waals surface area (Å²) in [6.07, 6.45) is 2.56. The highest BCUT2D eigenvalue weighted by Crippen LogP contribution is 2.32. The minimum Gasteiger partial charge on any atom is -0.316 e. The first-order valence-electron chi connectivity index (χ1n) is 8.82. The molecular weight excluding hydrogens is 481 g/mol. The fourth-order valence-electron chi connectivity index (χ4n) is 3.25. The van der Waals surface area contributed by atoms with Crippen molar-refractivity contribution >= 4 is 72.2 Å². The first-order valence-corrected chi connectivity index (χ1v) is 12.3. The number of nitrogens with one attached hydrogen (secondary N) is 1. The third kappa shape index (κ3) is 3.84.